The molecular formula is C17H18N2O. The third-order valence-corrected chi connectivity index (χ3v) is 3.77. The topological polar surface area (TPSA) is 46.3 Å². The lowest BCUT2D eigenvalue weighted by Gasteiger charge is -2.21. The maximum absolute atomic E-state index is 12.5. The van der Waals surface area contributed by atoms with Gasteiger partial charge in [0.25, 0.3) is 0 Å². The van der Waals surface area contributed by atoms with Crippen LogP contribution >= 0.6 is 0 Å². The highest BCUT2D eigenvalue weighted by Crippen LogP contribution is 2.27. The molecule has 1 aliphatic rings. The van der Waals surface area contributed by atoms with E-state index in [1.165, 1.54) is 5.56 Å². The smallest absolute Gasteiger partial charge is 0.244 e. The Morgan fingerprint density at radius 3 is 2.60 bits per heavy atom. The Bertz CT molecular complexity index is 609. The van der Waals surface area contributed by atoms with E-state index >= 15 is 0 Å². The van der Waals surface area contributed by atoms with Crippen molar-refractivity contribution in [2.24, 2.45) is 5.73 Å². The second-order valence-corrected chi connectivity index (χ2v) is 5.16. The van der Waals surface area contributed by atoms with Gasteiger partial charge in [-0.15, -0.1) is 0 Å². The van der Waals surface area contributed by atoms with E-state index < -0.39 is 6.04 Å². The Labute approximate surface area is 119 Å². The van der Waals surface area contributed by atoms with Crippen LogP contribution < -0.4 is 10.6 Å². The summed E-state index contributed by atoms with van der Waals surface area (Å²) in [6.07, 6.45) is 1.50. The lowest BCUT2D eigenvalue weighted by Crippen LogP contribution is -2.44. The van der Waals surface area contributed by atoms with E-state index in [4.69, 9.17) is 5.73 Å². The van der Waals surface area contributed by atoms with Gasteiger partial charge in [-0.1, -0.05) is 48.5 Å². The standard InChI is InChI=1S/C17H18N2O/c18-15(12-13-6-2-1-3-7-13)17(20)19-11-10-14-8-4-5-9-16(14)19/h1-9,15H,10-12,18H2/t15-/m0/s1. The highest BCUT2D eigenvalue weighted by molar-refractivity contribution is 5.99. The average Bonchev–Trinajstić information content (AvgIpc) is 2.91. The van der Waals surface area contributed by atoms with Crippen LogP contribution in [-0.2, 0) is 17.6 Å². The van der Waals surface area contributed by atoms with Crippen molar-refractivity contribution < 1.29 is 4.79 Å². The summed E-state index contributed by atoms with van der Waals surface area (Å²) >= 11 is 0. The first kappa shape index (κ1) is 12.9. The minimum atomic E-state index is -0.483. The molecule has 0 spiro atoms. The van der Waals surface area contributed by atoms with E-state index in [0.29, 0.717) is 6.42 Å². The minimum Gasteiger partial charge on any atom is -0.320 e. The van der Waals surface area contributed by atoms with Crippen LogP contribution in [-0.4, -0.2) is 18.5 Å². The largest absolute Gasteiger partial charge is 0.320 e. The van der Waals surface area contributed by atoms with Gasteiger partial charge < -0.3 is 10.6 Å². The molecule has 0 fully saturated rings. The van der Waals surface area contributed by atoms with Crippen LogP contribution in [0.5, 0.6) is 0 Å². The number of fused-ring (bicyclic) bond motifs is 1. The Balaban J connectivity index is 1.74. The van der Waals surface area contributed by atoms with E-state index in [9.17, 15) is 4.79 Å². The molecule has 0 radical (unpaired) electrons. The Kier molecular flexibility index (Phi) is 3.52. The molecule has 1 amide bonds. The number of carbonyl (C=O) groups excluding carboxylic acids is 1. The molecule has 2 N–H and O–H groups in total. The van der Waals surface area contributed by atoms with Crippen LogP contribution in [0.3, 0.4) is 0 Å². The van der Waals surface area contributed by atoms with Gasteiger partial charge in [0.15, 0.2) is 0 Å². The fraction of sp³-hybridized carbons (Fsp3) is 0.235. The van der Waals surface area contributed by atoms with Crippen LogP contribution in [0.15, 0.2) is 54.6 Å². The molecule has 3 nitrogen and oxygen atoms in total. The molecule has 0 aromatic heterocycles. The maximum Gasteiger partial charge on any atom is 0.244 e. The lowest BCUT2D eigenvalue weighted by molar-refractivity contribution is -0.119. The van der Waals surface area contributed by atoms with Crippen LogP contribution in [0.2, 0.25) is 0 Å². The molecule has 0 saturated heterocycles. The van der Waals surface area contributed by atoms with E-state index in [1.54, 1.807) is 0 Å². The highest BCUT2D eigenvalue weighted by atomic mass is 16.2. The van der Waals surface area contributed by atoms with Crippen molar-refractivity contribution >= 4 is 11.6 Å². The van der Waals surface area contributed by atoms with E-state index in [1.807, 2.05) is 53.4 Å². The summed E-state index contributed by atoms with van der Waals surface area (Å²) < 4.78 is 0. The molecule has 0 aliphatic carbocycles. The van der Waals surface area contributed by atoms with Crippen molar-refractivity contribution in [1.29, 1.82) is 0 Å². The molecule has 20 heavy (non-hydrogen) atoms. The molecule has 0 bridgehead atoms. The minimum absolute atomic E-state index is 0.0128. The van der Waals surface area contributed by atoms with Crippen molar-refractivity contribution in [3.05, 3.63) is 65.7 Å². The van der Waals surface area contributed by atoms with Gasteiger partial charge in [0.05, 0.1) is 6.04 Å². The molecule has 102 valence electrons. The first-order valence-electron chi connectivity index (χ1n) is 6.94. The fourth-order valence-corrected chi connectivity index (χ4v) is 2.72. The van der Waals surface area contributed by atoms with Gasteiger partial charge in [0.1, 0.15) is 0 Å². The van der Waals surface area contributed by atoms with Crippen molar-refractivity contribution in [2.75, 3.05) is 11.4 Å². The Morgan fingerprint density at radius 2 is 1.80 bits per heavy atom. The van der Waals surface area contributed by atoms with Gasteiger partial charge in [0, 0.05) is 12.2 Å². The molecule has 1 atom stereocenters. The van der Waals surface area contributed by atoms with Gasteiger partial charge in [0.2, 0.25) is 5.91 Å². The SMILES string of the molecule is N[C@@H](Cc1ccccc1)C(=O)N1CCc2ccccc21. The molecule has 0 saturated carbocycles. The van der Waals surface area contributed by atoms with Gasteiger partial charge in [-0.3, -0.25) is 4.79 Å². The summed E-state index contributed by atoms with van der Waals surface area (Å²) in [5.41, 5.74) is 9.44. The number of rotatable bonds is 3. The van der Waals surface area contributed by atoms with Crippen LogP contribution in [0.25, 0.3) is 0 Å². The lowest BCUT2D eigenvalue weighted by atomic mass is 10.1. The zero-order valence-electron chi connectivity index (χ0n) is 11.3. The summed E-state index contributed by atoms with van der Waals surface area (Å²) in [4.78, 5) is 14.3. The number of hydrogen-bond acceptors (Lipinski definition) is 2. The average molecular weight is 266 g/mol. The molecule has 3 heteroatoms. The summed E-state index contributed by atoms with van der Waals surface area (Å²) in [5, 5.41) is 0. The molecule has 2 aromatic carbocycles. The molecule has 0 unspecified atom stereocenters. The van der Waals surface area contributed by atoms with E-state index in [0.717, 1.165) is 24.2 Å². The fourth-order valence-electron chi connectivity index (χ4n) is 2.72. The van der Waals surface area contributed by atoms with E-state index in [2.05, 4.69) is 6.07 Å². The Morgan fingerprint density at radius 1 is 1.10 bits per heavy atom. The van der Waals surface area contributed by atoms with Gasteiger partial charge in [-0.2, -0.15) is 0 Å². The van der Waals surface area contributed by atoms with E-state index in [-0.39, 0.29) is 5.91 Å². The monoisotopic (exact) mass is 266 g/mol. The molecule has 1 aliphatic heterocycles. The summed E-state index contributed by atoms with van der Waals surface area (Å²) in [5.74, 6) is 0.0128. The first-order valence-corrected chi connectivity index (χ1v) is 6.94. The number of benzene rings is 2. The van der Waals surface area contributed by atoms with Crippen molar-refractivity contribution in [3.8, 4) is 0 Å². The zero-order chi connectivity index (χ0) is 13.9. The van der Waals surface area contributed by atoms with Crippen LogP contribution in [0, 0.1) is 0 Å². The van der Waals surface area contributed by atoms with Gasteiger partial charge >= 0.3 is 0 Å². The number of nitrogens with zero attached hydrogens (tertiary/aromatic N) is 1. The number of carbonyl (C=O) groups is 1. The summed E-state index contributed by atoms with van der Waals surface area (Å²) in [7, 11) is 0. The van der Waals surface area contributed by atoms with Gasteiger partial charge in [-0.25, -0.2) is 0 Å². The predicted molar refractivity (Wildman–Crippen MR) is 80.6 cm³/mol. The number of para-hydroxylation sites is 1. The first-order chi connectivity index (χ1) is 9.75. The number of amides is 1. The van der Waals surface area contributed by atoms with Crippen LogP contribution in [0.4, 0.5) is 5.69 Å². The third kappa shape index (κ3) is 2.45. The summed E-state index contributed by atoms with van der Waals surface area (Å²) in [6, 6.07) is 17.5. The highest BCUT2D eigenvalue weighted by Gasteiger charge is 2.27. The molecule has 1 heterocycles. The molecule has 2 aromatic rings. The molecular weight excluding hydrogens is 248 g/mol. The third-order valence-electron chi connectivity index (χ3n) is 3.77. The Hall–Kier alpha value is -2.13. The number of nitrogens with two attached hydrogens (primary N) is 1. The van der Waals surface area contributed by atoms with Crippen molar-refractivity contribution in [3.63, 3.8) is 0 Å². The second-order valence-electron chi connectivity index (χ2n) is 5.16. The zero-order valence-corrected chi connectivity index (χ0v) is 11.3. The number of anilines is 1. The normalized spacial score (nSPS) is 14.9. The quantitative estimate of drug-likeness (QED) is 0.925. The summed E-state index contributed by atoms with van der Waals surface area (Å²) in [6.45, 7) is 0.737. The maximum atomic E-state index is 12.5. The predicted octanol–water partition coefficient (Wildman–Crippen LogP) is 2.15. The van der Waals surface area contributed by atoms with Crippen molar-refractivity contribution in [2.45, 2.75) is 18.9 Å². The van der Waals surface area contributed by atoms with Gasteiger partial charge in [-0.05, 0) is 30.0 Å². The molecule has 3 rings (SSSR count). The second kappa shape index (κ2) is 5.47. The van der Waals surface area contributed by atoms with Crippen molar-refractivity contribution in [1.82, 2.24) is 0 Å². The number of hydrogen-bond donors (Lipinski definition) is 1. The van der Waals surface area contributed by atoms with Crippen LogP contribution in [0.1, 0.15) is 11.1 Å².